The van der Waals surface area contributed by atoms with Gasteiger partial charge in [0.15, 0.2) is 0 Å². The van der Waals surface area contributed by atoms with Crippen LogP contribution < -0.4 is 5.32 Å². The van der Waals surface area contributed by atoms with E-state index in [1.54, 1.807) is 0 Å². The normalized spacial score (nSPS) is 10.3. The van der Waals surface area contributed by atoms with Crippen molar-refractivity contribution in [3.63, 3.8) is 0 Å². The molecule has 0 aromatic heterocycles. The van der Waals surface area contributed by atoms with Crippen LogP contribution in [0, 0.1) is 6.07 Å². The summed E-state index contributed by atoms with van der Waals surface area (Å²) in [4.78, 5) is 0. The van der Waals surface area contributed by atoms with Gasteiger partial charge in [-0.25, -0.2) is 0 Å². The van der Waals surface area contributed by atoms with Gasteiger partial charge in [0.05, 0.1) is 0 Å². The molecule has 1 heteroatoms. The Kier molecular flexibility index (Phi) is 5.91. The van der Waals surface area contributed by atoms with Crippen LogP contribution in [0.25, 0.3) is 0 Å². The van der Waals surface area contributed by atoms with Crippen molar-refractivity contribution in [3.05, 3.63) is 29.8 Å². The van der Waals surface area contributed by atoms with Gasteiger partial charge < -0.3 is 5.32 Å². The maximum Gasteiger partial charge on any atom is 0.0378 e. The standard InChI is InChI=1S/C14H22N/c1-3-5-6-7-10-13-11-8-9-12-14(13)15-4-2/h8-9,12,15H,3-7,10H2,1-2H3. The molecule has 0 bridgehead atoms. The first kappa shape index (κ1) is 12.1. The number of rotatable bonds is 7. The van der Waals surface area contributed by atoms with Gasteiger partial charge in [-0.05, 0) is 37.5 Å². The third-order valence-electron chi connectivity index (χ3n) is 2.59. The number of hydrogen-bond acceptors (Lipinski definition) is 1. The van der Waals surface area contributed by atoms with Gasteiger partial charge in [-0.15, -0.1) is 0 Å². The quantitative estimate of drug-likeness (QED) is 0.661. The van der Waals surface area contributed by atoms with Gasteiger partial charge >= 0.3 is 0 Å². The summed E-state index contributed by atoms with van der Waals surface area (Å²) >= 11 is 0. The van der Waals surface area contributed by atoms with Crippen LogP contribution in [-0.4, -0.2) is 6.54 Å². The number of anilines is 1. The summed E-state index contributed by atoms with van der Waals surface area (Å²) in [6.45, 7) is 5.37. The van der Waals surface area contributed by atoms with E-state index in [4.69, 9.17) is 0 Å². The summed E-state index contributed by atoms with van der Waals surface area (Å²) in [7, 11) is 0. The predicted molar refractivity (Wildman–Crippen MR) is 67.3 cm³/mol. The molecule has 0 heterocycles. The van der Waals surface area contributed by atoms with E-state index in [-0.39, 0.29) is 0 Å². The van der Waals surface area contributed by atoms with Crippen LogP contribution >= 0.6 is 0 Å². The molecule has 0 saturated heterocycles. The molecule has 0 unspecified atom stereocenters. The van der Waals surface area contributed by atoms with Crippen LogP contribution in [0.1, 0.15) is 45.1 Å². The van der Waals surface area contributed by atoms with Gasteiger partial charge in [0.1, 0.15) is 0 Å². The molecule has 83 valence electrons. The first-order chi connectivity index (χ1) is 7.38. The first-order valence-electron chi connectivity index (χ1n) is 6.12. The van der Waals surface area contributed by atoms with Gasteiger partial charge in [0.2, 0.25) is 0 Å². The molecule has 1 rings (SSSR count). The van der Waals surface area contributed by atoms with Crippen LogP contribution in [0.4, 0.5) is 5.69 Å². The van der Waals surface area contributed by atoms with E-state index >= 15 is 0 Å². The van der Waals surface area contributed by atoms with Crippen molar-refractivity contribution in [3.8, 4) is 0 Å². The SMILES string of the molecule is CCCCCCc1[c]cccc1NCC. The van der Waals surface area contributed by atoms with Gasteiger partial charge in [0.25, 0.3) is 0 Å². The molecule has 0 amide bonds. The lowest BCUT2D eigenvalue weighted by Crippen LogP contribution is -2.00. The van der Waals surface area contributed by atoms with Crippen molar-refractivity contribution < 1.29 is 0 Å². The highest BCUT2D eigenvalue weighted by molar-refractivity contribution is 5.50. The smallest absolute Gasteiger partial charge is 0.0378 e. The Morgan fingerprint density at radius 2 is 2.07 bits per heavy atom. The molecule has 15 heavy (non-hydrogen) atoms. The first-order valence-corrected chi connectivity index (χ1v) is 6.12. The fraction of sp³-hybridized carbons (Fsp3) is 0.571. The Morgan fingerprint density at radius 1 is 1.20 bits per heavy atom. The van der Waals surface area contributed by atoms with E-state index in [0.29, 0.717) is 0 Å². The molecule has 1 aromatic rings. The predicted octanol–water partition coefficient (Wildman–Crippen LogP) is 4.04. The van der Waals surface area contributed by atoms with E-state index in [9.17, 15) is 0 Å². The third-order valence-corrected chi connectivity index (χ3v) is 2.59. The van der Waals surface area contributed by atoms with E-state index in [1.165, 1.54) is 36.9 Å². The average molecular weight is 204 g/mol. The fourth-order valence-corrected chi connectivity index (χ4v) is 1.76. The van der Waals surface area contributed by atoms with Crippen LogP contribution in [0.15, 0.2) is 18.2 Å². The second-order valence-electron chi connectivity index (χ2n) is 3.90. The zero-order valence-electron chi connectivity index (χ0n) is 9.97. The average Bonchev–Trinajstić information content (AvgIpc) is 2.27. The second-order valence-corrected chi connectivity index (χ2v) is 3.90. The topological polar surface area (TPSA) is 12.0 Å². The lowest BCUT2D eigenvalue weighted by molar-refractivity contribution is 0.667. The summed E-state index contributed by atoms with van der Waals surface area (Å²) in [6.07, 6.45) is 6.43. The van der Waals surface area contributed by atoms with Crippen molar-refractivity contribution in [2.75, 3.05) is 11.9 Å². The molecule has 0 atom stereocenters. The molecule has 1 aromatic carbocycles. The molecule has 0 saturated carbocycles. The van der Waals surface area contributed by atoms with Crippen molar-refractivity contribution >= 4 is 5.69 Å². The number of hydrogen-bond donors (Lipinski definition) is 1. The molecule has 1 N–H and O–H groups in total. The Hall–Kier alpha value is -0.980. The molecule has 1 radical (unpaired) electrons. The highest BCUT2D eigenvalue weighted by Gasteiger charge is 2.00. The lowest BCUT2D eigenvalue weighted by Gasteiger charge is -2.09. The number of unbranched alkanes of at least 4 members (excludes halogenated alkanes) is 3. The van der Waals surface area contributed by atoms with Gasteiger partial charge in [0, 0.05) is 12.2 Å². The summed E-state index contributed by atoms with van der Waals surface area (Å²) in [6, 6.07) is 9.54. The van der Waals surface area contributed by atoms with E-state index in [2.05, 4.69) is 31.3 Å². The molecule has 0 spiro atoms. The van der Waals surface area contributed by atoms with Crippen LogP contribution in [-0.2, 0) is 6.42 Å². The second kappa shape index (κ2) is 7.33. The largest absolute Gasteiger partial charge is 0.385 e. The Balaban J connectivity index is 2.44. The molecule has 0 fully saturated rings. The van der Waals surface area contributed by atoms with Crippen LogP contribution in [0.3, 0.4) is 0 Å². The third kappa shape index (κ3) is 4.37. The van der Waals surface area contributed by atoms with Crippen LogP contribution in [0.2, 0.25) is 0 Å². The summed E-state index contributed by atoms with van der Waals surface area (Å²) in [5.74, 6) is 0. The Labute approximate surface area is 93.9 Å². The zero-order chi connectivity index (χ0) is 10.9. The number of aryl methyl sites for hydroxylation is 1. The maximum absolute atomic E-state index is 3.39. The number of nitrogens with one attached hydrogen (secondary N) is 1. The fourth-order valence-electron chi connectivity index (χ4n) is 1.76. The van der Waals surface area contributed by atoms with Crippen molar-refractivity contribution in [2.45, 2.75) is 46.0 Å². The van der Waals surface area contributed by atoms with Gasteiger partial charge in [-0.1, -0.05) is 38.3 Å². The Bertz CT molecular complexity index is 268. The minimum atomic E-state index is 0.986. The number of benzene rings is 1. The minimum absolute atomic E-state index is 0.986. The van der Waals surface area contributed by atoms with Crippen molar-refractivity contribution in [1.29, 1.82) is 0 Å². The monoisotopic (exact) mass is 204 g/mol. The summed E-state index contributed by atoms with van der Waals surface area (Å²) < 4.78 is 0. The Morgan fingerprint density at radius 3 is 2.80 bits per heavy atom. The summed E-state index contributed by atoms with van der Waals surface area (Å²) in [5, 5.41) is 3.39. The van der Waals surface area contributed by atoms with E-state index in [0.717, 1.165) is 13.0 Å². The summed E-state index contributed by atoms with van der Waals surface area (Å²) in [5.41, 5.74) is 2.60. The molecule has 0 aliphatic carbocycles. The van der Waals surface area contributed by atoms with E-state index < -0.39 is 0 Å². The van der Waals surface area contributed by atoms with E-state index in [1.807, 2.05) is 12.1 Å². The van der Waals surface area contributed by atoms with Crippen molar-refractivity contribution in [1.82, 2.24) is 0 Å². The van der Waals surface area contributed by atoms with Gasteiger partial charge in [-0.3, -0.25) is 0 Å². The highest BCUT2D eigenvalue weighted by atomic mass is 14.9. The minimum Gasteiger partial charge on any atom is -0.385 e. The lowest BCUT2D eigenvalue weighted by atomic mass is 10.0. The maximum atomic E-state index is 3.39. The van der Waals surface area contributed by atoms with Crippen LogP contribution in [0.5, 0.6) is 0 Å². The zero-order valence-corrected chi connectivity index (χ0v) is 9.97. The molecular weight excluding hydrogens is 182 g/mol. The molecule has 0 aliphatic heterocycles. The molecule has 0 aliphatic rings. The highest BCUT2D eigenvalue weighted by Crippen LogP contribution is 2.17. The molecular formula is C14H22N. The van der Waals surface area contributed by atoms with Crippen molar-refractivity contribution in [2.24, 2.45) is 0 Å². The van der Waals surface area contributed by atoms with Gasteiger partial charge in [-0.2, -0.15) is 0 Å². The molecule has 1 nitrogen and oxygen atoms in total.